The second-order valence-electron chi connectivity index (χ2n) is 6.34. The Balaban J connectivity index is 1.58. The summed E-state index contributed by atoms with van der Waals surface area (Å²) in [6, 6.07) is 0.835. The Hall–Kier alpha value is -0.870. The molecule has 0 radical (unpaired) electrons. The second kappa shape index (κ2) is 9.21. The van der Waals surface area contributed by atoms with Crippen LogP contribution < -0.4 is 5.32 Å². The highest BCUT2D eigenvalue weighted by Gasteiger charge is 2.17. The minimum absolute atomic E-state index is 0.835. The molecule has 4 nitrogen and oxygen atoms in total. The fourth-order valence-electron chi connectivity index (χ4n) is 3.31. The average Bonchev–Trinajstić information content (AvgIpc) is 2.95. The summed E-state index contributed by atoms with van der Waals surface area (Å²) < 4.78 is 2.25. The summed E-state index contributed by atoms with van der Waals surface area (Å²) in [6.45, 7) is 6.46. The van der Waals surface area contributed by atoms with Crippen LogP contribution in [-0.4, -0.2) is 40.6 Å². The fraction of sp³-hybridized carbons (Fsp3) is 0.824. The van der Waals surface area contributed by atoms with Crippen molar-refractivity contribution in [3.8, 4) is 0 Å². The Morgan fingerprint density at radius 3 is 2.90 bits per heavy atom. The lowest BCUT2D eigenvalue weighted by atomic mass is 9.94. The number of nitrogens with zero attached hydrogens (tertiary/aromatic N) is 3. The van der Waals surface area contributed by atoms with Crippen LogP contribution in [0, 0.1) is 0 Å². The van der Waals surface area contributed by atoms with E-state index in [2.05, 4.69) is 39.9 Å². The van der Waals surface area contributed by atoms with Crippen molar-refractivity contribution in [1.82, 2.24) is 19.8 Å². The van der Waals surface area contributed by atoms with Crippen LogP contribution >= 0.6 is 0 Å². The molecule has 1 saturated carbocycles. The number of imidazole rings is 1. The van der Waals surface area contributed by atoms with Gasteiger partial charge in [0.25, 0.3) is 0 Å². The maximum Gasteiger partial charge on any atom is 0.122 e. The average molecular weight is 292 g/mol. The molecule has 1 aromatic heterocycles. The molecule has 4 heteroatoms. The Morgan fingerprint density at radius 1 is 1.33 bits per heavy atom. The van der Waals surface area contributed by atoms with Crippen LogP contribution in [0.2, 0.25) is 0 Å². The van der Waals surface area contributed by atoms with E-state index in [1.165, 1.54) is 45.1 Å². The van der Waals surface area contributed by atoms with Crippen molar-refractivity contribution >= 4 is 0 Å². The van der Waals surface area contributed by atoms with Crippen LogP contribution in [0.1, 0.15) is 57.7 Å². The van der Waals surface area contributed by atoms with Gasteiger partial charge >= 0.3 is 0 Å². The standard InChI is InChI=1S/C17H32N4/c1-3-12-21-14-11-19-17(21)15-18-10-7-13-20(2)16-8-5-4-6-9-16/h11,14,16,18H,3-10,12-13,15H2,1-2H3. The molecule has 1 aliphatic rings. The summed E-state index contributed by atoms with van der Waals surface area (Å²) in [4.78, 5) is 7.00. The Labute approximate surface area is 129 Å². The maximum atomic E-state index is 4.43. The van der Waals surface area contributed by atoms with E-state index in [0.717, 1.165) is 37.9 Å². The monoisotopic (exact) mass is 292 g/mol. The first-order chi connectivity index (χ1) is 10.3. The highest BCUT2D eigenvalue weighted by molar-refractivity contribution is 4.91. The van der Waals surface area contributed by atoms with Crippen LogP contribution in [0.25, 0.3) is 0 Å². The van der Waals surface area contributed by atoms with E-state index < -0.39 is 0 Å². The molecule has 0 atom stereocenters. The molecule has 1 aliphatic carbocycles. The minimum atomic E-state index is 0.835. The Morgan fingerprint density at radius 2 is 2.14 bits per heavy atom. The fourth-order valence-corrected chi connectivity index (χ4v) is 3.31. The normalized spacial score (nSPS) is 16.7. The van der Waals surface area contributed by atoms with E-state index in [0.29, 0.717) is 0 Å². The van der Waals surface area contributed by atoms with Gasteiger partial charge in [-0.3, -0.25) is 0 Å². The van der Waals surface area contributed by atoms with Gasteiger partial charge < -0.3 is 14.8 Å². The predicted octanol–water partition coefficient (Wildman–Crippen LogP) is 3.04. The molecule has 0 spiro atoms. The molecule has 0 unspecified atom stereocenters. The first-order valence-corrected chi connectivity index (χ1v) is 8.72. The van der Waals surface area contributed by atoms with E-state index >= 15 is 0 Å². The Bertz CT molecular complexity index is 382. The lowest BCUT2D eigenvalue weighted by Crippen LogP contribution is -2.35. The van der Waals surface area contributed by atoms with Crippen molar-refractivity contribution in [2.24, 2.45) is 0 Å². The highest BCUT2D eigenvalue weighted by atomic mass is 15.1. The number of rotatable bonds is 9. The van der Waals surface area contributed by atoms with Gasteiger partial charge in [-0.15, -0.1) is 0 Å². The van der Waals surface area contributed by atoms with Crippen LogP contribution in [0.4, 0.5) is 0 Å². The SMILES string of the molecule is CCCn1ccnc1CNCCCN(C)C1CCCCC1. The largest absolute Gasteiger partial charge is 0.334 e. The third-order valence-corrected chi connectivity index (χ3v) is 4.61. The van der Waals surface area contributed by atoms with E-state index in [1.807, 2.05) is 6.20 Å². The molecule has 21 heavy (non-hydrogen) atoms. The molecule has 0 aromatic carbocycles. The van der Waals surface area contributed by atoms with Gasteiger partial charge in [0.15, 0.2) is 0 Å². The summed E-state index contributed by atoms with van der Waals surface area (Å²) in [5.74, 6) is 1.16. The van der Waals surface area contributed by atoms with Gasteiger partial charge in [-0.1, -0.05) is 26.2 Å². The topological polar surface area (TPSA) is 33.1 Å². The van der Waals surface area contributed by atoms with Crippen LogP contribution in [0.5, 0.6) is 0 Å². The van der Waals surface area contributed by atoms with Crippen molar-refractivity contribution in [2.75, 3.05) is 20.1 Å². The van der Waals surface area contributed by atoms with Crippen LogP contribution in [0.15, 0.2) is 12.4 Å². The number of hydrogen-bond donors (Lipinski definition) is 1. The van der Waals surface area contributed by atoms with Crippen molar-refractivity contribution in [2.45, 2.75) is 71.0 Å². The summed E-state index contributed by atoms with van der Waals surface area (Å²) in [5.41, 5.74) is 0. The molecule has 1 heterocycles. The molecular formula is C17H32N4. The number of aryl methyl sites for hydroxylation is 1. The second-order valence-corrected chi connectivity index (χ2v) is 6.34. The zero-order valence-electron chi connectivity index (χ0n) is 13.9. The molecule has 2 rings (SSSR count). The van der Waals surface area contributed by atoms with Crippen LogP contribution in [0.3, 0.4) is 0 Å². The molecule has 1 aromatic rings. The summed E-state index contributed by atoms with van der Waals surface area (Å²) in [5, 5.41) is 3.53. The summed E-state index contributed by atoms with van der Waals surface area (Å²) in [7, 11) is 2.30. The first-order valence-electron chi connectivity index (χ1n) is 8.72. The van der Waals surface area contributed by atoms with Gasteiger partial charge in [-0.25, -0.2) is 4.98 Å². The van der Waals surface area contributed by atoms with Crippen molar-refractivity contribution in [3.05, 3.63) is 18.2 Å². The third kappa shape index (κ3) is 5.44. The number of hydrogen-bond acceptors (Lipinski definition) is 3. The van der Waals surface area contributed by atoms with Gasteiger partial charge in [0, 0.05) is 25.0 Å². The van der Waals surface area contributed by atoms with Gasteiger partial charge in [-0.2, -0.15) is 0 Å². The van der Waals surface area contributed by atoms with Crippen molar-refractivity contribution in [3.63, 3.8) is 0 Å². The zero-order chi connectivity index (χ0) is 14.9. The van der Waals surface area contributed by atoms with Gasteiger partial charge in [-0.05, 0) is 45.8 Å². The third-order valence-electron chi connectivity index (χ3n) is 4.61. The predicted molar refractivity (Wildman–Crippen MR) is 88.3 cm³/mol. The number of aromatic nitrogens is 2. The van der Waals surface area contributed by atoms with E-state index in [-0.39, 0.29) is 0 Å². The van der Waals surface area contributed by atoms with Gasteiger partial charge in [0.2, 0.25) is 0 Å². The van der Waals surface area contributed by atoms with E-state index in [4.69, 9.17) is 0 Å². The molecule has 1 fully saturated rings. The molecular weight excluding hydrogens is 260 g/mol. The molecule has 0 amide bonds. The van der Waals surface area contributed by atoms with E-state index in [1.54, 1.807) is 0 Å². The quantitative estimate of drug-likeness (QED) is 0.710. The molecule has 0 saturated heterocycles. The summed E-state index contributed by atoms with van der Waals surface area (Å²) in [6.07, 6.45) is 13.5. The molecule has 0 aliphatic heterocycles. The Kier molecular flexibility index (Phi) is 7.24. The maximum absolute atomic E-state index is 4.43. The van der Waals surface area contributed by atoms with Crippen molar-refractivity contribution < 1.29 is 0 Å². The lowest BCUT2D eigenvalue weighted by Gasteiger charge is -2.31. The lowest BCUT2D eigenvalue weighted by molar-refractivity contribution is 0.189. The minimum Gasteiger partial charge on any atom is -0.334 e. The molecule has 120 valence electrons. The smallest absolute Gasteiger partial charge is 0.122 e. The summed E-state index contributed by atoms with van der Waals surface area (Å²) >= 11 is 0. The van der Waals surface area contributed by atoms with Gasteiger partial charge in [0.05, 0.1) is 6.54 Å². The van der Waals surface area contributed by atoms with Gasteiger partial charge in [0.1, 0.15) is 5.82 Å². The van der Waals surface area contributed by atoms with Crippen LogP contribution in [-0.2, 0) is 13.1 Å². The molecule has 1 N–H and O–H groups in total. The highest BCUT2D eigenvalue weighted by Crippen LogP contribution is 2.21. The first kappa shape index (κ1) is 16.5. The number of nitrogens with one attached hydrogen (secondary N) is 1. The van der Waals surface area contributed by atoms with Crippen molar-refractivity contribution in [1.29, 1.82) is 0 Å². The molecule has 0 bridgehead atoms. The zero-order valence-corrected chi connectivity index (χ0v) is 13.9. The van der Waals surface area contributed by atoms with E-state index in [9.17, 15) is 0 Å².